The van der Waals surface area contributed by atoms with Gasteiger partial charge in [0.05, 0.1) is 4.88 Å². The van der Waals surface area contributed by atoms with Crippen LogP contribution < -0.4 is 10.9 Å². The topological polar surface area (TPSA) is 82.3 Å². The highest BCUT2D eigenvalue weighted by Gasteiger charge is 2.28. The minimum Gasteiger partial charge on any atom is -0.352 e. The summed E-state index contributed by atoms with van der Waals surface area (Å²) in [6, 6.07) is 5.59. The predicted octanol–water partition coefficient (Wildman–Crippen LogP) is 2.22. The van der Waals surface area contributed by atoms with E-state index in [2.05, 4.69) is 10.3 Å². The molecular formula is C19H23N3O3S. The number of carbonyl (C=O) groups is 2. The van der Waals surface area contributed by atoms with Gasteiger partial charge in [-0.05, 0) is 49.8 Å². The minimum absolute atomic E-state index is 0.0423. The first-order valence-corrected chi connectivity index (χ1v) is 9.63. The Bertz CT molecular complexity index is 849. The van der Waals surface area contributed by atoms with Crippen molar-refractivity contribution in [2.75, 3.05) is 13.1 Å². The Kier molecular flexibility index (Phi) is 5.56. The van der Waals surface area contributed by atoms with Crippen LogP contribution in [0.1, 0.15) is 39.3 Å². The van der Waals surface area contributed by atoms with E-state index < -0.39 is 0 Å². The van der Waals surface area contributed by atoms with Gasteiger partial charge in [-0.25, -0.2) is 0 Å². The molecule has 0 spiro atoms. The lowest BCUT2D eigenvalue weighted by molar-refractivity contribution is -0.126. The Morgan fingerprint density at radius 1 is 1.31 bits per heavy atom. The van der Waals surface area contributed by atoms with E-state index in [0.717, 1.165) is 16.1 Å². The molecule has 138 valence electrons. The van der Waals surface area contributed by atoms with Gasteiger partial charge in [-0.2, -0.15) is 0 Å². The molecule has 1 aliphatic heterocycles. The number of thiophene rings is 1. The van der Waals surface area contributed by atoms with E-state index in [4.69, 9.17) is 0 Å². The van der Waals surface area contributed by atoms with Gasteiger partial charge >= 0.3 is 0 Å². The van der Waals surface area contributed by atoms with Gasteiger partial charge in [0, 0.05) is 36.8 Å². The molecule has 2 amide bonds. The fourth-order valence-electron chi connectivity index (χ4n) is 3.32. The van der Waals surface area contributed by atoms with E-state index >= 15 is 0 Å². The smallest absolute Gasteiger partial charge is 0.263 e. The number of nitrogens with zero attached hydrogens (tertiary/aromatic N) is 1. The van der Waals surface area contributed by atoms with Crippen molar-refractivity contribution in [2.24, 2.45) is 5.92 Å². The van der Waals surface area contributed by atoms with Crippen LogP contribution in [0.4, 0.5) is 0 Å². The second-order valence-corrected chi connectivity index (χ2v) is 7.65. The molecule has 7 heteroatoms. The van der Waals surface area contributed by atoms with Gasteiger partial charge in [0.2, 0.25) is 5.91 Å². The summed E-state index contributed by atoms with van der Waals surface area (Å²) in [5.41, 5.74) is 2.13. The predicted molar refractivity (Wildman–Crippen MR) is 101 cm³/mol. The van der Waals surface area contributed by atoms with Crippen molar-refractivity contribution in [3.8, 4) is 0 Å². The molecule has 0 radical (unpaired) electrons. The third-order valence-electron chi connectivity index (χ3n) is 4.82. The molecule has 0 atom stereocenters. The summed E-state index contributed by atoms with van der Waals surface area (Å²) in [6.45, 7) is 5.10. The molecule has 1 fully saturated rings. The minimum atomic E-state index is -0.154. The molecule has 2 N–H and O–H groups in total. The second-order valence-electron chi connectivity index (χ2n) is 6.70. The van der Waals surface area contributed by atoms with E-state index in [9.17, 15) is 14.4 Å². The fourth-order valence-corrected chi connectivity index (χ4v) is 4.01. The van der Waals surface area contributed by atoms with E-state index in [1.807, 2.05) is 42.3 Å². The maximum Gasteiger partial charge on any atom is 0.263 e. The summed E-state index contributed by atoms with van der Waals surface area (Å²) in [4.78, 5) is 42.1. The second kappa shape index (κ2) is 7.86. The monoisotopic (exact) mass is 373 g/mol. The largest absolute Gasteiger partial charge is 0.352 e. The molecule has 0 aliphatic carbocycles. The summed E-state index contributed by atoms with van der Waals surface area (Å²) < 4.78 is 0. The van der Waals surface area contributed by atoms with E-state index in [1.165, 1.54) is 11.3 Å². The molecular weight excluding hydrogens is 350 g/mol. The van der Waals surface area contributed by atoms with Crippen molar-refractivity contribution >= 4 is 23.2 Å². The number of aromatic nitrogens is 1. The number of H-pyrrole nitrogens is 1. The van der Waals surface area contributed by atoms with Crippen molar-refractivity contribution in [1.29, 1.82) is 0 Å². The van der Waals surface area contributed by atoms with Crippen LogP contribution in [0.2, 0.25) is 0 Å². The van der Waals surface area contributed by atoms with E-state index in [0.29, 0.717) is 31.5 Å². The molecule has 0 saturated carbocycles. The van der Waals surface area contributed by atoms with E-state index in [-0.39, 0.29) is 29.8 Å². The molecule has 1 aliphatic rings. The molecule has 3 heterocycles. The van der Waals surface area contributed by atoms with Crippen LogP contribution in [-0.4, -0.2) is 34.8 Å². The number of hydrogen-bond donors (Lipinski definition) is 2. The highest BCUT2D eigenvalue weighted by atomic mass is 32.1. The van der Waals surface area contributed by atoms with Crippen LogP contribution in [0.3, 0.4) is 0 Å². The van der Waals surface area contributed by atoms with Crippen molar-refractivity contribution in [1.82, 2.24) is 15.2 Å². The molecule has 0 bridgehead atoms. The number of carbonyl (C=O) groups excluding carboxylic acids is 2. The highest BCUT2D eigenvalue weighted by Crippen LogP contribution is 2.21. The third-order valence-corrected chi connectivity index (χ3v) is 5.68. The molecule has 3 rings (SSSR count). The first kappa shape index (κ1) is 18.4. The zero-order chi connectivity index (χ0) is 18.7. The average Bonchev–Trinajstić information content (AvgIpc) is 3.14. The standard InChI is InChI=1S/C19H23N3O3S/c1-12-10-13(2)21-18(24)15(12)11-20-17(23)14-5-7-22(8-6-14)19(25)16-4-3-9-26-16/h3-4,9-10,14H,5-8,11H2,1-2H3,(H,20,23)(H,21,24). The first-order chi connectivity index (χ1) is 12.5. The normalized spacial score (nSPS) is 15.1. The summed E-state index contributed by atoms with van der Waals surface area (Å²) in [7, 11) is 0. The number of pyridine rings is 1. The van der Waals surface area contributed by atoms with Crippen LogP contribution in [-0.2, 0) is 11.3 Å². The van der Waals surface area contributed by atoms with Crippen molar-refractivity contribution < 1.29 is 9.59 Å². The fraction of sp³-hybridized carbons (Fsp3) is 0.421. The molecule has 2 aromatic rings. The van der Waals surface area contributed by atoms with Gasteiger partial charge < -0.3 is 15.2 Å². The third kappa shape index (κ3) is 4.04. The highest BCUT2D eigenvalue weighted by molar-refractivity contribution is 7.12. The molecule has 0 unspecified atom stereocenters. The van der Waals surface area contributed by atoms with E-state index in [1.54, 1.807) is 0 Å². The van der Waals surface area contributed by atoms with Crippen LogP contribution in [0.5, 0.6) is 0 Å². The number of rotatable bonds is 4. The Morgan fingerprint density at radius 3 is 2.65 bits per heavy atom. The number of hydrogen-bond acceptors (Lipinski definition) is 4. The summed E-state index contributed by atoms with van der Waals surface area (Å²) in [5.74, 6) is -0.125. The van der Waals surface area contributed by atoms with Crippen LogP contribution in [0.25, 0.3) is 0 Å². The molecule has 6 nitrogen and oxygen atoms in total. The zero-order valence-corrected chi connectivity index (χ0v) is 15.8. The number of amides is 2. The van der Waals surface area contributed by atoms with Gasteiger partial charge in [0.15, 0.2) is 0 Å². The lowest BCUT2D eigenvalue weighted by atomic mass is 9.95. The summed E-state index contributed by atoms with van der Waals surface area (Å²) in [5, 5.41) is 4.77. The number of nitrogens with one attached hydrogen (secondary N) is 2. The van der Waals surface area contributed by atoms with Crippen LogP contribution in [0.15, 0.2) is 28.4 Å². The average molecular weight is 373 g/mol. The summed E-state index contributed by atoms with van der Waals surface area (Å²) in [6.07, 6.45) is 1.29. The Morgan fingerprint density at radius 2 is 2.04 bits per heavy atom. The van der Waals surface area contributed by atoms with Gasteiger partial charge in [-0.3, -0.25) is 14.4 Å². The van der Waals surface area contributed by atoms with Gasteiger partial charge in [0.25, 0.3) is 11.5 Å². The molecule has 0 aromatic carbocycles. The lowest BCUT2D eigenvalue weighted by Gasteiger charge is -2.31. The maximum atomic E-state index is 12.4. The Hall–Kier alpha value is -2.41. The Labute approximate surface area is 156 Å². The number of aryl methyl sites for hydroxylation is 2. The van der Waals surface area contributed by atoms with Gasteiger partial charge in [-0.15, -0.1) is 11.3 Å². The molecule has 26 heavy (non-hydrogen) atoms. The maximum absolute atomic E-state index is 12.4. The van der Waals surface area contributed by atoms with Crippen molar-refractivity contribution in [2.45, 2.75) is 33.2 Å². The van der Waals surface area contributed by atoms with Crippen molar-refractivity contribution in [3.05, 3.63) is 55.6 Å². The Balaban J connectivity index is 1.53. The number of piperidine rings is 1. The van der Waals surface area contributed by atoms with Gasteiger partial charge in [0.1, 0.15) is 0 Å². The quantitative estimate of drug-likeness (QED) is 0.862. The number of likely N-dealkylation sites (tertiary alicyclic amines) is 1. The first-order valence-electron chi connectivity index (χ1n) is 8.75. The SMILES string of the molecule is Cc1cc(C)c(CNC(=O)C2CCN(C(=O)c3cccs3)CC2)c(=O)[nH]1. The summed E-state index contributed by atoms with van der Waals surface area (Å²) >= 11 is 1.44. The van der Waals surface area contributed by atoms with Crippen LogP contribution >= 0.6 is 11.3 Å². The number of aromatic amines is 1. The van der Waals surface area contributed by atoms with Gasteiger partial charge in [-0.1, -0.05) is 6.07 Å². The molecule has 1 saturated heterocycles. The van der Waals surface area contributed by atoms with Crippen molar-refractivity contribution in [3.63, 3.8) is 0 Å². The van der Waals surface area contributed by atoms with Crippen LogP contribution in [0, 0.1) is 19.8 Å². The zero-order valence-electron chi connectivity index (χ0n) is 15.0. The lowest BCUT2D eigenvalue weighted by Crippen LogP contribution is -2.43. The molecule has 2 aromatic heterocycles.